The number of benzene rings is 1. The fourth-order valence-corrected chi connectivity index (χ4v) is 1.65. The van der Waals surface area contributed by atoms with Crippen molar-refractivity contribution in [3.05, 3.63) is 65.5 Å². The van der Waals surface area contributed by atoms with Crippen LogP contribution in [0, 0.1) is 6.92 Å². The standard InChI is InChI=1S/C14H13NO2/c1-11-4-6-12(7-5-11)9-15-8-2-3-13(10-15)14(16)17/h2-8,10H,9H2,1H3/p+1. The minimum absolute atomic E-state index is 0.305. The molecular weight excluding hydrogens is 214 g/mol. The number of rotatable bonds is 3. The van der Waals surface area contributed by atoms with E-state index in [2.05, 4.69) is 24.3 Å². The van der Waals surface area contributed by atoms with E-state index in [1.54, 1.807) is 18.3 Å². The van der Waals surface area contributed by atoms with E-state index in [-0.39, 0.29) is 0 Å². The zero-order valence-electron chi connectivity index (χ0n) is 9.63. The van der Waals surface area contributed by atoms with Gasteiger partial charge in [-0.1, -0.05) is 29.8 Å². The van der Waals surface area contributed by atoms with Crippen LogP contribution in [0.15, 0.2) is 48.8 Å². The van der Waals surface area contributed by atoms with Gasteiger partial charge in [0, 0.05) is 11.6 Å². The smallest absolute Gasteiger partial charge is 0.341 e. The van der Waals surface area contributed by atoms with E-state index in [4.69, 9.17) is 5.11 Å². The molecule has 0 bridgehead atoms. The van der Waals surface area contributed by atoms with Crippen LogP contribution in [0.25, 0.3) is 0 Å². The van der Waals surface area contributed by atoms with Crippen LogP contribution in [0.2, 0.25) is 0 Å². The summed E-state index contributed by atoms with van der Waals surface area (Å²) in [7, 11) is 0. The second kappa shape index (κ2) is 4.78. The number of aromatic carboxylic acids is 1. The second-order valence-electron chi connectivity index (χ2n) is 4.06. The molecule has 0 aliphatic heterocycles. The summed E-state index contributed by atoms with van der Waals surface area (Å²) < 4.78 is 1.87. The summed E-state index contributed by atoms with van der Waals surface area (Å²) in [6.45, 7) is 2.73. The lowest BCUT2D eigenvalue weighted by Gasteiger charge is -1.99. The highest BCUT2D eigenvalue weighted by atomic mass is 16.4. The molecule has 0 atom stereocenters. The molecule has 0 fully saturated rings. The van der Waals surface area contributed by atoms with Gasteiger partial charge in [-0.25, -0.2) is 4.79 Å². The molecule has 86 valence electrons. The van der Waals surface area contributed by atoms with Crippen molar-refractivity contribution in [2.45, 2.75) is 13.5 Å². The molecule has 0 spiro atoms. The average Bonchev–Trinajstić information content (AvgIpc) is 2.32. The maximum atomic E-state index is 10.8. The van der Waals surface area contributed by atoms with Crippen molar-refractivity contribution in [2.75, 3.05) is 0 Å². The summed E-state index contributed by atoms with van der Waals surface area (Å²) in [6, 6.07) is 11.5. The van der Waals surface area contributed by atoms with E-state index in [9.17, 15) is 4.79 Å². The monoisotopic (exact) mass is 228 g/mol. The molecule has 2 aromatic rings. The Hall–Kier alpha value is -2.16. The molecule has 0 radical (unpaired) electrons. The van der Waals surface area contributed by atoms with Crippen molar-refractivity contribution in [3.63, 3.8) is 0 Å². The normalized spacial score (nSPS) is 10.2. The third kappa shape index (κ3) is 2.91. The van der Waals surface area contributed by atoms with Crippen LogP contribution in [0.5, 0.6) is 0 Å². The Morgan fingerprint density at radius 2 is 1.94 bits per heavy atom. The summed E-state index contributed by atoms with van der Waals surface area (Å²) >= 11 is 0. The predicted octanol–water partition coefficient (Wildman–Crippen LogP) is 2.03. The maximum absolute atomic E-state index is 10.8. The lowest BCUT2D eigenvalue weighted by molar-refractivity contribution is -0.688. The quantitative estimate of drug-likeness (QED) is 0.817. The van der Waals surface area contributed by atoms with Crippen molar-refractivity contribution in [2.24, 2.45) is 0 Å². The molecule has 2 rings (SSSR count). The van der Waals surface area contributed by atoms with Gasteiger partial charge in [-0.2, -0.15) is 4.57 Å². The fraction of sp³-hybridized carbons (Fsp3) is 0.143. The van der Waals surface area contributed by atoms with Gasteiger partial charge in [0.2, 0.25) is 0 Å². The van der Waals surface area contributed by atoms with Gasteiger partial charge >= 0.3 is 5.97 Å². The molecule has 0 saturated carbocycles. The Labute approximate surface area is 100.0 Å². The van der Waals surface area contributed by atoms with Crippen LogP contribution < -0.4 is 4.57 Å². The summed E-state index contributed by atoms with van der Waals surface area (Å²) in [6.07, 6.45) is 3.51. The molecule has 1 aromatic heterocycles. The third-order valence-corrected chi connectivity index (χ3v) is 2.59. The van der Waals surface area contributed by atoms with Gasteiger partial charge in [-0.05, 0) is 13.0 Å². The van der Waals surface area contributed by atoms with Crippen LogP contribution in [0.4, 0.5) is 0 Å². The van der Waals surface area contributed by atoms with Crippen molar-refractivity contribution < 1.29 is 14.5 Å². The van der Waals surface area contributed by atoms with Gasteiger partial charge in [0.1, 0.15) is 5.56 Å². The molecule has 17 heavy (non-hydrogen) atoms. The minimum Gasteiger partial charge on any atom is -0.477 e. The first-order valence-corrected chi connectivity index (χ1v) is 5.43. The van der Waals surface area contributed by atoms with Gasteiger partial charge in [0.05, 0.1) is 0 Å². The van der Waals surface area contributed by atoms with Crippen LogP contribution in [-0.4, -0.2) is 11.1 Å². The molecule has 0 amide bonds. The van der Waals surface area contributed by atoms with Crippen LogP contribution in [0.3, 0.4) is 0 Å². The second-order valence-corrected chi connectivity index (χ2v) is 4.06. The van der Waals surface area contributed by atoms with Crippen molar-refractivity contribution in [1.82, 2.24) is 0 Å². The fourth-order valence-electron chi connectivity index (χ4n) is 1.65. The van der Waals surface area contributed by atoms with Crippen LogP contribution in [-0.2, 0) is 6.54 Å². The zero-order chi connectivity index (χ0) is 12.3. The lowest BCUT2D eigenvalue weighted by Crippen LogP contribution is -2.34. The highest BCUT2D eigenvalue weighted by molar-refractivity contribution is 5.86. The number of carbonyl (C=O) groups is 1. The first kappa shape index (κ1) is 11.3. The molecule has 0 unspecified atom stereocenters. The van der Waals surface area contributed by atoms with Gasteiger partial charge in [0.25, 0.3) is 0 Å². The predicted molar refractivity (Wildman–Crippen MR) is 63.9 cm³/mol. The highest BCUT2D eigenvalue weighted by Gasteiger charge is 2.08. The molecule has 0 saturated heterocycles. The number of hydrogen-bond acceptors (Lipinski definition) is 1. The molecule has 3 heteroatoms. The largest absolute Gasteiger partial charge is 0.477 e. The Kier molecular flexibility index (Phi) is 3.19. The topological polar surface area (TPSA) is 41.2 Å². The Balaban J connectivity index is 2.21. The number of aromatic nitrogens is 1. The van der Waals surface area contributed by atoms with E-state index in [1.165, 1.54) is 5.56 Å². The minimum atomic E-state index is -0.900. The Bertz CT molecular complexity index is 532. The number of carboxylic acid groups (broad SMARTS) is 1. The van der Waals surface area contributed by atoms with Gasteiger partial charge in [0.15, 0.2) is 18.9 Å². The molecule has 0 aliphatic rings. The van der Waals surface area contributed by atoms with Crippen molar-refractivity contribution in [3.8, 4) is 0 Å². The molecule has 3 nitrogen and oxygen atoms in total. The Morgan fingerprint density at radius 1 is 1.24 bits per heavy atom. The summed E-state index contributed by atoms with van der Waals surface area (Å²) in [5, 5.41) is 8.90. The molecule has 1 aromatic carbocycles. The number of carboxylic acids is 1. The Morgan fingerprint density at radius 3 is 2.59 bits per heavy atom. The van der Waals surface area contributed by atoms with Gasteiger partial charge < -0.3 is 5.11 Å². The summed E-state index contributed by atoms with van der Waals surface area (Å²) in [5.74, 6) is -0.900. The first-order valence-electron chi connectivity index (χ1n) is 5.43. The number of nitrogens with zero attached hydrogens (tertiary/aromatic N) is 1. The number of pyridine rings is 1. The van der Waals surface area contributed by atoms with Gasteiger partial charge in [-0.3, -0.25) is 0 Å². The number of hydrogen-bond donors (Lipinski definition) is 1. The van der Waals surface area contributed by atoms with Crippen LogP contribution >= 0.6 is 0 Å². The number of aryl methyl sites for hydroxylation is 1. The van der Waals surface area contributed by atoms with Crippen LogP contribution in [0.1, 0.15) is 21.5 Å². The summed E-state index contributed by atoms with van der Waals surface area (Å²) in [4.78, 5) is 10.8. The SMILES string of the molecule is Cc1ccc(C[n+]2cccc(C(=O)O)c2)cc1. The van der Waals surface area contributed by atoms with E-state index in [0.717, 1.165) is 5.56 Å². The maximum Gasteiger partial charge on any atom is 0.341 e. The van der Waals surface area contributed by atoms with Crippen molar-refractivity contribution in [1.29, 1.82) is 0 Å². The molecule has 1 heterocycles. The van der Waals surface area contributed by atoms with E-state index < -0.39 is 5.97 Å². The molecule has 1 N–H and O–H groups in total. The molecule has 0 aliphatic carbocycles. The lowest BCUT2D eigenvalue weighted by atomic mass is 10.1. The van der Waals surface area contributed by atoms with E-state index >= 15 is 0 Å². The molecular formula is C14H14NO2+. The van der Waals surface area contributed by atoms with Crippen molar-refractivity contribution >= 4 is 5.97 Å². The highest BCUT2D eigenvalue weighted by Crippen LogP contribution is 2.03. The average molecular weight is 228 g/mol. The van der Waals surface area contributed by atoms with E-state index in [1.807, 2.05) is 17.7 Å². The van der Waals surface area contributed by atoms with Gasteiger partial charge in [-0.15, -0.1) is 0 Å². The summed E-state index contributed by atoms with van der Waals surface area (Å²) in [5.41, 5.74) is 2.68. The van der Waals surface area contributed by atoms with E-state index in [0.29, 0.717) is 12.1 Å². The third-order valence-electron chi connectivity index (χ3n) is 2.59. The first-order chi connectivity index (χ1) is 8.15. The zero-order valence-corrected chi connectivity index (χ0v) is 9.63.